The Morgan fingerprint density at radius 1 is 0.643 bits per heavy atom. The monoisotopic (exact) mass is 540 g/mol. The normalized spacial score (nSPS) is 15.8. The zero-order valence-corrected chi connectivity index (χ0v) is 22.6. The first-order valence-electron chi connectivity index (χ1n) is 14.2. The van der Waals surface area contributed by atoms with Crippen molar-refractivity contribution in [1.82, 2.24) is 15.0 Å². The summed E-state index contributed by atoms with van der Waals surface area (Å²) in [7, 11) is 0. The van der Waals surface area contributed by atoms with E-state index in [0.29, 0.717) is 17.6 Å². The number of furan rings is 1. The van der Waals surface area contributed by atoms with Gasteiger partial charge in [-0.25, -0.2) is 4.98 Å². The molecule has 0 amide bonds. The van der Waals surface area contributed by atoms with Crippen molar-refractivity contribution in [1.29, 1.82) is 0 Å². The smallest absolute Gasteiger partial charge is 0.234 e. The lowest BCUT2D eigenvalue weighted by atomic mass is 9.96. The first kappa shape index (κ1) is 23.2. The van der Waals surface area contributed by atoms with Crippen LogP contribution in [-0.4, -0.2) is 21.0 Å². The van der Waals surface area contributed by atoms with Crippen molar-refractivity contribution < 1.29 is 4.42 Å². The van der Waals surface area contributed by atoms with Crippen molar-refractivity contribution in [2.75, 3.05) is 4.90 Å². The third-order valence-corrected chi connectivity index (χ3v) is 8.38. The van der Waals surface area contributed by atoms with Crippen LogP contribution in [0.2, 0.25) is 0 Å². The number of benzene rings is 5. The Hall–Kier alpha value is -5.55. The third-order valence-electron chi connectivity index (χ3n) is 8.38. The summed E-state index contributed by atoms with van der Waals surface area (Å²) in [6.07, 6.45) is 7.47. The van der Waals surface area contributed by atoms with Gasteiger partial charge < -0.3 is 9.32 Å². The second-order valence-electron chi connectivity index (χ2n) is 10.8. The SMILES string of the molecule is C1=CCC2C(=C1)c1ccccc1N2c1nc(-c2ccccc2)nc(-c2ccc3oc4cc5ccccc5cc4c3c2)n1. The average molecular weight is 541 g/mol. The van der Waals surface area contributed by atoms with Crippen LogP contribution >= 0.6 is 0 Å². The second-order valence-corrected chi connectivity index (χ2v) is 10.8. The Morgan fingerprint density at radius 3 is 2.26 bits per heavy atom. The van der Waals surface area contributed by atoms with Crippen LogP contribution in [0.25, 0.3) is 61.1 Å². The molecule has 0 saturated heterocycles. The maximum atomic E-state index is 6.27. The molecule has 5 nitrogen and oxygen atoms in total. The molecule has 0 saturated carbocycles. The number of anilines is 2. The van der Waals surface area contributed by atoms with Crippen LogP contribution in [0.1, 0.15) is 12.0 Å². The molecule has 0 spiro atoms. The zero-order valence-electron chi connectivity index (χ0n) is 22.6. The van der Waals surface area contributed by atoms with E-state index < -0.39 is 0 Å². The number of aromatic nitrogens is 3. The predicted octanol–water partition coefficient (Wildman–Crippen LogP) is 9.12. The first-order chi connectivity index (χ1) is 20.8. The highest BCUT2D eigenvalue weighted by atomic mass is 16.3. The number of rotatable bonds is 3. The fourth-order valence-electron chi connectivity index (χ4n) is 6.39. The lowest BCUT2D eigenvalue weighted by Crippen LogP contribution is -2.29. The Bertz CT molecular complexity index is 2250. The molecular formula is C37H24N4O. The van der Waals surface area contributed by atoms with Crippen LogP contribution in [-0.2, 0) is 0 Å². The highest BCUT2D eigenvalue weighted by Crippen LogP contribution is 2.46. The van der Waals surface area contributed by atoms with Gasteiger partial charge in [0.2, 0.25) is 5.95 Å². The summed E-state index contributed by atoms with van der Waals surface area (Å²) in [5.41, 5.74) is 7.25. The van der Waals surface area contributed by atoms with E-state index in [0.717, 1.165) is 50.6 Å². The highest BCUT2D eigenvalue weighted by Gasteiger charge is 2.36. The number of nitrogens with zero attached hydrogens (tertiary/aromatic N) is 4. The molecule has 0 N–H and O–H groups in total. The Labute approximate surface area is 242 Å². The van der Waals surface area contributed by atoms with E-state index in [9.17, 15) is 0 Å². The second kappa shape index (κ2) is 8.98. The zero-order chi connectivity index (χ0) is 27.6. The molecule has 9 rings (SSSR count). The van der Waals surface area contributed by atoms with Gasteiger partial charge in [-0.3, -0.25) is 0 Å². The summed E-state index contributed by atoms with van der Waals surface area (Å²) < 4.78 is 6.27. The maximum Gasteiger partial charge on any atom is 0.234 e. The molecule has 1 aliphatic heterocycles. The van der Waals surface area contributed by atoms with Crippen molar-refractivity contribution in [2.45, 2.75) is 12.5 Å². The summed E-state index contributed by atoms with van der Waals surface area (Å²) >= 11 is 0. The summed E-state index contributed by atoms with van der Waals surface area (Å²) in [6, 6.07) is 37.7. The molecule has 0 fully saturated rings. The van der Waals surface area contributed by atoms with Gasteiger partial charge in [-0.15, -0.1) is 0 Å². The van der Waals surface area contributed by atoms with Gasteiger partial charge in [-0.05, 0) is 59.2 Å². The minimum Gasteiger partial charge on any atom is -0.456 e. The molecule has 1 atom stereocenters. The van der Waals surface area contributed by atoms with Crippen molar-refractivity contribution in [2.24, 2.45) is 0 Å². The quantitative estimate of drug-likeness (QED) is 0.224. The lowest BCUT2D eigenvalue weighted by Gasteiger charge is -2.27. The lowest BCUT2D eigenvalue weighted by molar-refractivity contribution is 0.669. The Balaban J connectivity index is 1.26. The van der Waals surface area contributed by atoms with Gasteiger partial charge in [0.15, 0.2) is 11.6 Å². The Kier molecular flexibility index (Phi) is 4.96. The van der Waals surface area contributed by atoms with Gasteiger partial charge in [0.05, 0.1) is 11.7 Å². The first-order valence-corrected chi connectivity index (χ1v) is 14.2. The largest absolute Gasteiger partial charge is 0.456 e. The number of para-hydroxylation sites is 1. The molecule has 2 aliphatic rings. The van der Waals surface area contributed by atoms with Crippen LogP contribution in [0.3, 0.4) is 0 Å². The topological polar surface area (TPSA) is 55.1 Å². The van der Waals surface area contributed by atoms with E-state index in [4.69, 9.17) is 19.4 Å². The van der Waals surface area contributed by atoms with E-state index in [2.05, 4.69) is 89.9 Å². The van der Waals surface area contributed by atoms with Crippen LogP contribution in [0, 0.1) is 0 Å². The van der Waals surface area contributed by atoms with Gasteiger partial charge in [0.1, 0.15) is 11.2 Å². The predicted molar refractivity (Wildman–Crippen MR) is 170 cm³/mol. The molecule has 5 aromatic carbocycles. The molecule has 7 aromatic rings. The van der Waals surface area contributed by atoms with Crippen LogP contribution < -0.4 is 4.90 Å². The van der Waals surface area contributed by atoms with Gasteiger partial charge in [0.25, 0.3) is 0 Å². The molecule has 2 aromatic heterocycles. The number of allylic oxidation sites excluding steroid dienone is 2. The third kappa shape index (κ3) is 3.53. The molecule has 42 heavy (non-hydrogen) atoms. The minimum absolute atomic E-state index is 0.139. The molecule has 198 valence electrons. The molecule has 5 heteroatoms. The van der Waals surface area contributed by atoms with Crippen LogP contribution in [0.15, 0.2) is 132 Å². The van der Waals surface area contributed by atoms with Crippen LogP contribution in [0.5, 0.6) is 0 Å². The van der Waals surface area contributed by atoms with E-state index in [1.54, 1.807) is 0 Å². The summed E-state index contributed by atoms with van der Waals surface area (Å²) in [5.74, 6) is 1.94. The van der Waals surface area contributed by atoms with Gasteiger partial charge in [-0.2, -0.15) is 9.97 Å². The minimum atomic E-state index is 0.139. The van der Waals surface area contributed by atoms with Gasteiger partial charge in [0, 0.05) is 27.5 Å². The fourth-order valence-corrected chi connectivity index (χ4v) is 6.39. The number of hydrogen-bond acceptors (Lipinski definition) is 5. The molecule has 3 heterocycles. The fraction of sp³-hybridized carbons (Fsp3) is 0.0541. The van der Waals surface area contributed by atoms with Crippen molar-refractivity contribution in [3.63, 3.8) is 0 Å². The van der Waals surface area contributed by atoms with Gasteiger partial charge >= 0.3 is 0 Å². The van der Waals surface area contributed by atoms with Crippen LogP contribution in [0.4, 0.5) is 11.6 Å². The summed E-state index contributed by atoms with van der Waals surface area (Å²) in [4.78, 5) is 17.5. The van der Waals surface area contributed by atoms with Crippen molar-refractivity contribution >= 4 is 49.9 Å². The molecular weight excluding hydrogens is 516 g/mol. The maximum absolute atomic E-state index is 6.27. The highest BCUT2D eigenvalue weighted by molar-refractivity contribution is 6.10. The standard InChI is InChI=1S/C37H24N4O/c1-2-10-23(11-3-1)35-38-36(40-37(39-35)41-31-16-8-6-14-27(31)28-15-7-9-17-32(28)41)26-18-19-33-29(21-26)30-20-24-12-4-5-13-25(24)22-34(30)42-33/h1-16,18-22,32H,17H2. The summed E-state index contributed by atoms with van der Waals surface area (Å²) in [6.45, 7) is 0. The van der Waals surface area contributed by atoms with E-state index in [-0.39, 0.29) is 6.04 Å². The van der Waals surface area contributed by atoms with E-state index in [1.165, 1.54) is 16.5 Å². The van der Waals surface area contributed by atoms with Crippen molar-refractivity contribution in [3.8, 4) is 22.8 Å². The number of fused-ring (bicyclic) bond motifs is 7. The average Bonchev–Trinajstić information content (AvgIpc) is 3.58. The molecule has 1 aliphatic carbocycles. The molecule has 0 bridgehead atoms. The van der Waals surface area contributed by atoms with Crippen molar-refractivity contribution in [3.05, 3.63) is 133 Å². The van der Waals surface area contributed by atoms with E-state index >= 15 is 0 Å². The molecule has 1 unspecified atom stereocenters. The molecule has 0 radical (unpaired) electrons. The van der Waals surface area contributed by atoms with E-state index in [1.807, 2.05) is 42.5 Å². The Morgan fingerprint density at radius 2 is 1.38 bits per heavy atom. The van der Waals surface area contributed by atoms with Gasteiger partial charge in [-0.1, -0.05) is 91.0 Å². The summed E-state index contributed by atoms with van der Waals surface area (Å²) in [5, 5.41) is 4.48. The number of hydrogen-bond donors (Lipinski definition) is 0.